The third-order valence-corrected chi connectivity index (χ3v) is 6.08. The van der Waals surface area contributed by atoms with Gasteiger partial charge < -0.3 is 9.32 Å². The minimum absolute atomic E-state index is 0.743. The Bertz CT molecular complexity index is 1340. The summed E-state index contributed by atoms with van der Waals surface area (Å²) in [5.74, 6) is 1.64. The highest BCUT2D eigenvalue weighted by Crippen LogP contribution is 2.34. The number of rotatable bonds is 3. The van der Waals surface area contributed by atoms with Gasteiger partial charge in [-0.1, -0.05) is 60.7 Å². The molecule has 0 radical (unpaired) electrons. The van der Waals surface area contributed by atoms with Crippen molar-refractivity contribution in [2.45, 2.75) is 0 Å². The van der Waals surface area contributed by atoms with Crippen LogP contribution in [-0.2, 0) is 0 Å². The predicted octanol–water partition coefficient (Wildman–Crippen LogP) is 4.08. The fourth-order valence-electron chi connectivity index (χ4n) is 4.46. The highest BCUT2D eigenvalue weighted by molar-refractivity contribution is 6.06. The Kier molecular flexibility index (Phi) is 4.39. The number of nitrogens with one attached hydrogen (secondary N) is 1. The molecule has 3 aromatic carbocycles. The van der Waals surface area contributed by atoms with Gasteiger partial charge in [0.2, 0.25) is 0 Å². The molecule has 1 aliphatic rings. The average molecular weight is 407 g/mol. The van der Waals surface area contributed by atoms with Crippen molar-refractivity contribution in [2.75, 3.05) is 31.1 Å². The second kappa shape index (κ2) is 7.52. The summed E-state index contributed by atoms with van der Waals surface area (Å²) in [7, 11) is 0. The maximum Gasteiger partial charge on any atom is 0.196 e. The molecule has 0 aliphatic carbocycles. The van der Waals surface area contributed by atoms with Crippen LogP contribution >= 0.6 is 0 Å². The molecular formula is C26H23N4O+. The maximum atomic E-state index is 6.27. The molecule has 6 rings (SSSR count). The number of quaternary nitrogens is 1. The van der Waals surface area contributed by atoms with E-state index in [2.05, 4.69) is 53.4 Å². The Morgan fingerprint density at radius 1 is 0.742 bits per heavy atom. The minimum Gasteiger partial charge on any atom is -0.450 e. The zero-order chi connectivity index (χ0) is 20.6. The second-order valence-corrected chi connectivity index (χ2v) is 7.97. The highest BCUT2D eigenvalue weighted by Gasteiger charge is 2.26. The number of hydrogen-bond donors (Lipinski definition) is 1. The first-order valence-electron chi connectivity index (χ1n) is 10.8. The average Bonchev–Trinajstić information content (AvgIpc) is 3.23. The van der Waals surface area contributed by atoms with E-state index in [0.717, 1.165) is 65.5 Å². The summed E-state index contributed by atoms with van der Waals surface area (Å²) in [6.07, 6.45) is 0. The van der Waals surface area contributed by atoms with Crippen LogP contribution in [0.3, 0.4) is 0 Å². The summed E-state index contributed by atoms with van der Waals surface area (Å²) < 4.78 is 6.27. The number of hydrogen-bond acceptors (Lipinski definition) is 4. The molecule has 0 bridgehead atoms. The SMILES string of the molecule is c1ccc(-c2nc(N3CC[NH+](c4ccccc4)CC3)c3oc4ccccc4c3n2)cc1. The lowest BCUT2D eigenvalue weighted by Gasteiger charge is -2.32. The van der Waals surface area contributed by atoms with Gasteiger partial charge >= 0.3 is 0 Å². The molecule has 1 saturated heterocycles. The lowest BCUT2D eigenvalue weighted by atomic mass is 10.2. The van der Waals surface area contributed by atoms with Crippen LogP contribution in [0, 0.1) is 0 Å². The standard InChI is InChI=1S/C26H22N4O/c1-3-9-19(10-4-1)25-27-23-21-13-7-8-14-22(21)31-24(23)26(28-25)30-17-15-29(16-18-30)20-11-5-2-6-12-20/h1-14H,15-18H2/p+1. The normalized spacial score (nSPS) is 15.0. The van der Waals surface area contributed by atoms with E-state index in [4.69, 9.17) is 14.4 Å². The van der Waals surface area contributed by atoms with Crippen molar-refractivity contribution in [3.8, 4) is 11.4 Å². The number of fused-ring (bicyclic) bond motifs is 3. The zero-order valence-corrected chi connectivity index (χ0v) is 17.2. The first-order valence-corrected chi connectivity index (χ1v) is 10.8. The lowest BCUT2D eigenvalue weighted by Crippen LogP contribution is -3.10. The predicted molar refractivity (Wildman–Crippen MR) is 124 cm³/mol. The summed E-state index contributed by atoms with van der Waals surface area (Å²) in [6.45, 7) is 3.88. The minimum atomic E-state index is 0.743. The molecule has 5 nitrogen and oxygen atoms in total. The van der Waals surface area contributed by atoms with Crippen LogP contribution in [0.1, 0.15) is 0 Å². The van der Waals surface area contributed by atoms with Gasteiger partial charge in [-0.3, -0.25) is 4.90 Å². The molecule has 3 heterocycles. The molecule has 2 aromatic heterocycles. The highest BCUT2D eigenvalue weighted by atomic mass is 16.3. The Morgan fingerprint density at radius 2 is 1.42 bits per heavy atom. The maximum absolute atomic E-state index is 6.27. The van der Waals surface area contributed by atoms with Crippen LogP contribution < -0.4 is 9.80 Å². The number of furan rings is 1. The van der Waals surface area contributed by atoms with E-state index < -0.39 is 0 Å². The fourth-order valence-corrected chi connectivity index (χ4v) is 4.46. The Balaban J connectivity index is 1.43. The zero-order valence-electron chi connectivity index (χ0n) is 17.2. The van der Waals surface area contributed by atoms with E-state index in [1.54, 1.807) is 0 Å². The molecule has 0 unspecified atom stereocenters. The lowest BCUT2D eigenvalue weighted by molar-refractivity contribution is -0.833. The topological polar surface area (TPSA) is 46.6 Å². The first-order chi connectivity index (χ1) is 15.4. The molecule has 5 heteroatoms. The van der Waals surface area contributed by atoms with E-state index >= 15 is 0 Å². The molecule has 0 spiro atoms. The summed E-state index contributed by atoms with van der Waals surface area (Å²) in [5.41, 5.74) is 4.89. The van der Waals surface area contributed by atoms with Crippen molar-refractivity contribution in [1.29, 1.82) is 0 Å². The van der Waals surface area contributed by atoms with Crippen molar-refractivity contribution in [3.63, 3.8) is 0 Å². The largest absolute Gasteiger partial charge is 0.450 e. The van der Waals surface area contributed by atoms with Crippen LogP contribution in [0.15, 0.2) is 89.3 Å². The number of para-hydroxylation sites is 2. The number of piperazine rings is 1. The van der Waals surface area contributed by atoms with E-state index in [1.807, 2.05) is 36.4 Å². The van der Waals surface area contributed by atoms with Crippen molar-refractivity contribution < 1.29 is 9.32 Å². The van der Waals surface area contributed by atoms with E-state index in [0.29, 0.717) is 0 Å². The molecule has 1 aliphatic heterocycles. The van der Waals surface area contributed by atoms with Crippen LogP contribution in [0.5, 0.6) is 0 Å². The van der Waals surface area contributed by atoms with Gasteiger partial charge in [0.05, 0.1) is 26.2 Å². The Labute approximate surface area is 180 Å². The van der Waals surface area contributed by atoms with Gasteiger partial charge in [0.15, 0.2) is 17.2 Å². The van der Waals surface area contributed by atoms with E-state index in [-0.39, 0.29) is 0 Å². The van der Waals surface area contributed by atoms with Crippen LogP contribution in [0.25, 0.3) is 33.5 Å². The molecule has 31 heavy (non-hydrogen) atoms. The van der Waals surface area contributed by atoms with Crippen molar-refractivity contribution in [2.24, 2.45) is 0 Å². The van der Waals surface area contributed by atoms with Gasteiger partial charge in [0.25, 0.3) is 0 Å². The van der Waals surface area contributed by atoms with Crippen LogP contribution in [0.2, 0.25) is 0 Å². The first kappa shape index (κ1) is 18.1. The van der Waals surface area contributed by atoms with Gasteiger partial charge in [0, 0.05) is 10.9 Å². The van der Waals surface area contributed by atoms with Crippen molar-refractivity contribution in [3.05, 3.63) is 84.9 Å². The molecule has 0 amide bonds. The number of aromatic nitrogens is 2. The van der Waals surface area contributed by atoms with E-state index in [9.17, 15) is 0 Å². The van der Waals surface area contributed by atoms with Gasteiger partial charge in [0.1, 0.15) is 16.8 Å². The smallest absolute Gasteiger partial charge is 0.196 e. The number of anilines is 1. The van der Waals surface area contributed by atoms with Gasteiger partial charge in [-0.25, -0.2) is 9.97 Å². The van der Waals surface area contributed by atoms with Crippen LogP contribution in [0.4, 0.5) is 11.5 Å². The molecule has 1 fully saturated rings. The summed E-state index contributed by atoms with van der Waals surface area (Å²) >= 11 is 0. The molecule has 0 atom stereocenters. The van der Waals surface area contributed by atoms with E-state index in [1.165, 1.54) is 10.6 Å². The third kappa shape index (κ3) is 3.23. The third-order valence-electron chi connectivity index (χ3n) is 6.08. The number of benzene rings is 3. The monoisotopic (exact) mass is 407 g/mol. The van der Waals surface area contributed by atoms with Gasteiger partial charge in [-0.2, -0.15) is 0 Å². The fraction of sp³-hybridized carbons (Fsp3) is 0.154. The quantitative estimate of drug-likeness (QED) is 0.490. The van der Waals surface area contributed by atoms with Gasteiger partial charge in [-0.15, -0.1) is 0 Å². The number of nitrogens with zero attached hydrogens (tertiary/aromatic N) is 3. The van der Waals surface area contributed by atoms with Gasteiger partial charge in [-0.05, 0) is 24.3 Å². The van der Waals surface area contributed by atoms with Crippen molar-refractivity contribution in [1.82, 2.24) is 9.97 Å². The second-order valence-electron chi connectivity index (χ2n) is 7.97. The molecule has 5 aromatic rings. The molecule has 1 N–H and O–H groups in total. The molecular weight excluding hydrogens is 384 g/mol. The summed E-state index contributed by atoms with van der Waals surface area (Å²) in [5, 5.41) is 1.03. The Morgan fingerprint density at radius 3 is 2.19 bits per heavy atom. The summed E-state index contributed by atoms with van der Waals surface area (Å²) in [6, 6.07) is 29.0. The Hall–Kier alpha value is -3.70. The van der Waals surface area contributed by atoms with Crippen LogP contribution in [-0.4, -0.2) is 36.1 Å². The summed E-state index contributed by atoms with van der Waals surface area (Å²) in [4.78, 5) is 13.8. The van der Waals surface area contributed by atoms with Crippen molar-refractivity contribution >= 4 is 33.6 Å². The molecule has 152 valence electrons. The molecule has 0 saturated carbocycles.